The van der Waals surface area contributed by atoms with Crippen molar-refractivity contribution >= 4 is 37.3 Å². The maximum atomic E-state index is 12.1. The molecule has 39 heavy (non-hydrogen) atoms. The highest BCUT2D eigenvalue weighted by atomic mass is 32.2. The number of piperidine rings is 1. The third-order valence-corrected chi connectivity index (χ3v) is 9.50. The first-order valence-electron chi connectivity index (χ1n) is 13.7. The molecule has 2 aliphatic heterocycles. The van der Waals surface area contributed by atoms with Crippen LogP contribution in [-0.4, -0.2) is 91.3 Å². The molecule has 9 nitrogen and oxygen atoms in total. The van der Waals surface area contributed by atoms with Crippen molar-refractivity contribution in [3.05, 3.63) is 28.8 Å². The first-order valence-corrected chi connectivity index (χ1v) is 16.7. The molecule has 0 bridgehead atoms. The molecule has 2 fully saturated rings. The minimum absolute atomic E-state index is 0.138. The number of nitrogens with zero attached hydrogens (tertiary/aromatic N) is 6. The molecule has 0 amide bonds. The van der Waals surface area contributed by atoms with Crippen LogP contribution in [0, 0.1) is 0 Å². The zero-order chi connectivity index (χ0) is 27.8. The number of aromatic nitrogens is 3. The van der Waals surface area contributed by atoms with E-state index in [1.807, 2.05) is 6.07 Å². The molecule has 0 atom stereocenters. The van der Waals surface area contributed by atoms with Crippen molar-refractivity contribution in [1.82, 2.24) is 24.8 Å². The highest BCUT2D eigenvalue weighted by molar-refractivity contribution is 7.89. The number of pyridine rings is 1. The zero-order valence-electron chi connectivity index (χ0n) is 23.7. The fourth-order valence-corrected chi connectivity index (χ4v) is 7.29. The molecular weight excluding hydrogens is 532 g/mol. The van der Waals surface area contributed by atoms with Crippen LogP contribution in [-0.2, 0) is 22.1 Å². The van der Waals surface area contributed by atoms with E-state index in [0.29, 0.717) is 11.4 Å². The fourth-order valence-electron chi connectivity index (χ4n) is 5.51. The van der Waals surface area contributed by atoms with Gasteiger partial charge >= 0.3 is 0 Å². The quantitative estimate of drug-likeness (QED) is 0.413. The first-order chi connectivity index (χ1) is 18.5. The molecule has 0 aliphatic carbocycles. The van der Waals surface area contributed by atoms with Gasteiger partial charge in [0, 0.05) is 80.5 Å². The molecule has 3 aromatic rings. The number of methoxy groups -OCH3 is 1. The van der Waals surface area contributed by atoms with Gasteiger partial charge in [-0.2, -0.15) is 0 Å². The molecule has 3 aromatic heterocycles. The molecule has 0 aromatic carbocycles. The van der Waals surface area contributed by atoms with E-state index in [1.165, 1.54) is 25.3 Å². The Bertz CT molecular complexity index is 1420. The predicted octanol–water partition coefficient (Wildman–Crippen LogP) is 4.21. The number of anilines is 1. The van der Waals surface area contributed by atoms with Crippen molar-refractivity contribution in [2.45, 2.75) is 57.9 Å². The van der Waals surface area contributed by atoms with Gasteiger partial charge in [0.1, 0.15) is 0 Å². The van der Waals surface area contributed by atoms with Gasteiger partial charge in [-0.15, -0.1) is 11.3 Å². The summed E-state index contributed by atoms with van der Waals surface area (Å²) in [4.78, 5) is 22.0. The fraction of sp³-hybridized carbons (Fsp3) is 0.607. The maximum absolute atomic E-state index is 12.1. The Morgan fingerprint density at radius 1 is 1.00 bits per heavy atom. The van der Waals surface area contributed by atoms with Crippen molar-refractivity contribution < 1.29 is 13.2 Å². The van der Waals surface area contributed by atoms with Crippen LogP contribution in [0.3, 0.4) is 0 Å². The summed E-state index contributed by atoms with van der Waals surface area (Å²) in [5.74, 6) is 0.933. The smallest absolute Gasteiger partial charge is 0.226 e. The Morgan fingerprint density at radius 2 is 1.72 bits per heavy atom. The Labute approximate surface area is 236 Å². The normalized spacial score (nSPS) is 18.1. The van der Waals surface area contributed by atoms with E-state index in [0.717, 1.165) is 86.1 Å². The Hall–Kier alpha value is -2.34. The summed E-state index contributed by atoms with van der Waals surface area (Å²) < 4.78 is 30.7. The standard InChI is InChI=1S/C28H40N6O3S2/c1-28(2,3)34-13-11-32(12-14-34)17-22-18-38-25-23(30-27(31-24(22)25)33-9-7-6-8-10-33)20-15-21(19-39(5,35)36)26(37-4)29-16-20/h15-16,18H,6-14,17,19H2,1-5H3. The van der Waals surface area contributed by atoms with E-state index >= 15 is 0 Å². The lowest BCUT2D eigenvalue weighted by atomic mass is 10.0. The summed E-state index contributed by atoms with van der Waals surface area (Å²) in [6.45, 7) is 13.8. The first kappa shape index (κ1) is 28.2. The van der Waals surface area contributed by atoms with Gasteiger partial charge in [0.05, 0.1) is 28.8 Å². The lowest BCUT2D eigenvalue weighted by molar-refractivity contribution is 0.0593. The van der Waals surface area contributed by atoms with Crippen molar-refractivity contribution in [2.24, 2.45) is 0 Å². The van der Waals surface area contributed by atoms with Crippen molar-refractivity contribution in [2.75, 3.05) is 57.5 Å². The van der Waals surface area contributed by atoms with Gasteiger partial charge in [-0.3, -0.25) is 9.80 Å². The number of hydrogen-bond acceptors (Lipinski definition) is 10. The largest absolute Gasteiger partial charge is 0.481 e. The van der Waals surface area contributed by atoms with Crippen molar-refractivity contribution in [3.63, 3.8) is 0 Å². The van der Waals surface area contributed by atoms with E-state index in [1.54, 1.807) is 17.5 Å². The summed E-state index contributed by atoms with van der Waals surface area (Å²) in [5, 5.41) is 2.22. The zero-order valence-corrected chi connectivity index (χ0v) is 25.4. The Morgan fingerprint density at radius 3 is 2.36 bits per heavy atom. The Kier molecular flexibility index (Phi) is 8.15. The third kappa shape index (κ3) is 6.53. The lowest BCUT2D eigenvalue weighted by Crippen LogP contribution is -2.53. The second-order valence-corrected chi connectivity index (χ2v) is 14.8. The molecule has 0 N–H and O–H groups in total. The average molecular weight is 573 g/mol. The summed E-state index contributed by atoms with van der Waals surface area (Å²) in [5.41, 5.74) is 4.53. The molecular formula is C28H40N6O3S2. The monoisotopic (exact) mass is 572 g/mol. The molecule has 2 aliphatic rings. The molecule has 2 saturated heterocycles. The Balaban J connectivity index is 1.53. The van der Waals surface area contributed by atoms with Crippen LogP contribution in [0.1, 0.15) is 51.2 Å². The highest BCUT2D eigenvalue weighted by Gasteiger charge is 2.27. The maximum Gasteiger partial charge on any atom is 0.226 e. The van der Waals surface area contributed by atoms with Crippen LogP contribution in [0.25, 0.3) is 21.5 Å². The number of thiophene rings is 1. The lowest BCUT2D eigenvalue weighted by Gasteiger charge is -2.42. The number of piperazine rings is 1. The van der Waals surface area contributed by atoms with Gasteiger partial charge in [0.15, 0.2) is 9.84 Å². The number of hydrogen-bond donors (Lipinski definition) is 0. The average Bonchev–Trinajstić information content (AvgIpc) is 3.30. The summed E-state index contributed by atoms with van der Waals surface area (Å²) in [6, 6.07) is 1.86. The molecule has 0 saturated carbocycles. The summed E-state index contributed by atoms with van der Waals surface area (Å²) >= 11 is 1.66. The molecule has 5 rings (SSSR count). The predicted molar refractivity (Wildman–Crippen MR) is 158 cm³/mol. The van der Waals surface area contributed by atoms with Crippen LogP contribution in [0.15, 0.2) is 17.6 Å². The molecule has 0 spiro atoms. The number of fused-ring (bicyclic) bond motifs is 1. The SMILES string of the molecule is COc1ncc(-c2nc(N3CCCCC3)nc3c(CN4CCN(C(C)(C)C)CC4)csc23)cc1CS(C)(=O)=O. The summed E-state index contributed by atoms with van der Waals surface area (Å²) in [6.07, 6.45) is 6.45. The summed E-state index contributed by atoms with van der Waals surface area (Å²) in [7, 11) is -1.76. The van der Waals surface area contributed by atoms with E-state index < -0.39 is 9.84 Å². The van der Waals surface area contributed by atoms with Gasteiger partial charge in [-0.1, -0.05) is 0 Å². The second kappa shape index (κ2) is 11.3. The van der Waals surface area contributed by atoms with Crippen LogP contribution in [0.4, 0.5) is 5.95 Å². The highest BCUT2D eigenvalue weighted by Crippen LogP contribution is 2.37. The van der Waals surface area contributed by atoms with Gasteiger partial charge < -0.3 is 9.64 Å². The van der Waals surface area contributed by atoms with Gasteiger partial charge in [0.25, 0.3) is 0 Å². The third-order valence-electron chi connectivity index (χ3n) is 7.64. The van der Waals surface area contributed by atoms with E-state index in [2.05, 4.69) is 45.8 Å². The molecule has 212 valence electrons. The van der Waals surface area contributed by atoms with Gasteiger partial charge in [0.2, 0.25) is 11.8 Å². The van der Waals surface area contributed by atoms with Crippen LogP contribution in [0.5, 0.6) is 5.88 Å². The van der Waals surface area contributed by atoms with Crippen molar-refractivity contribution in [1.29, 1.82) is 0 Å². The number of sulfone groups is 1. The van der Waals surface area contributed by atoms with E-state index in [-0.39, 0.29) is 11.3 Å². The number of rotatable bonds is 7. The molecule has 5 heterocycles. The second-order valence-electron chi connectivity index (χ2n) is 11.8. The topological polar surface area (TPSA) is 91.8 Å². The van der Waals surface area contributed by atoms with Crippen LogP contribution < -0.4 is 9.64 Å². The number of ether oxygens (including phenoxy) is 1. The minimum atomic E-state index is -3.27. The molecule has 0 radical (unpaired) electrons. The van der Waals surface area contributed by atoms with Crippen molar-refractivity contribution in [3.8, 4) is 17.1 Å². The van der Waals surface area contributed by atoms with Crippen LogP contribution in [0.2, 0.25) is 0 Å². The van der Waals surface area contributed by atoms with E-state index in [9.17, 15) is 8.42 Å². The van der Waals surface area contributed by atoms with Gasteiger partial charge in [-0.25, -0.2) is 23.4 Å². The van der Waals surface area contributed by atoms with Gasteiger partial charge in [-0.05, 0) is 51.5 Å². The molecule has 0 unspecified atom stereocenters. The minimum Gasteiger partial charge on any atom is -0.481 e. The molecule has 11 heteroatoms. The van der Waals surface area contributed by atoms with E-state index in [4.69, 9.17) is 14.7 Å². The van der Waals surface area contributed by atoms with Crippen LogP contribution >= 0.6 is 11.3 Å².